The molecule has 1 amide bonds. The third kappa shape index (κ3) is 3.01. The second-order valence-electron chi connectivity index (χ2n) is 7.21. The zero-order chi connectivity index (χ0) is 22.4. The molecule has 0 fully saturated rings. The number of carbonyl (C=O) groups is 1. The summed E-state index contributed by atoms with van der Waals surface area (Å²) in [6, 6.07) is 2.51. The van der Waals surface area contributed by atoms with Gasteiger partial charge in [0, 0.05) is 24.4 Å². The number of aromatic hydroxyl groups is 1. The van der Waals surface area contributed by atoms with Crippen LogP contribution in [0.15, 0.2) is 58.4 Å². The Morgan fingerprint density at radius 1 is 1.16 bits per heavy atom. The zero-order valence-corrected chi connectivity index (χ0v) is 16.4. The average molecular weight is 442 g/mol. The van der Waals surface area contributed by atoms with Crippen molar-refractivity contribution in [2.24, 2.45) is 0 Å². The highest BCUT2D eigenvalue weighted by Gasteiger charge is 2.38. The van der Waals surface area contributed by atoms with Crippen LogP contribution in [0.4, 0.5) is 8.78 Å². The number of amides is 1. The number of rotatable bonds is 1. The molecule has 2 bridgehead atoms. The molecule has 2 aromatic heterocycles. The van der Waals surface area contributed by atoms with Gasteiger partial charge in [0.05, 0.1) is 0 Å². The van der Waals surface area contributed by atoms with Crippen LogP contribution in [0.1, 0.15) is 27.8 Å². The smallest absolute Gasteiger partial charge is 0.278 e. The standard InChI is InChI=1S/C21H16F2N4O5/c22-13-4-3-12-17(14-9-31-10-24-14)27-11-25(6-1-2-8-32-20(12)16(13)23)21(30)18-19(29)15(28)5-7-26(18)27/h1-5,7,9-10,17,29H,6,8,11H2/b2-1-/t17-/m1/s1. The van der Waals surface area contributed by atoms with Crippen molar-refractivity contribution in [2.75, 3.05) is 24.8 Å². The molecule has 4 heterocycles. The van der Waals surface area contributed by atoms with Crippen molar-refractivity contribution < 1.29 is 27.8 Å². The van der Waals surface area contributed by atoms with Crippen molar-refractivity contribution >= 4 is 5.91 Å². The molecule has 0 saturated heterocycles. The highest BCUT2D eigenvalue weighted by atomic mass is 19.2. The van der Waals surface area contributed by atoms with Crippen LogP contribution in [0, 0.1) is 11.6 Å². The van der Waals surface area contributed by atoms with Gasteiger partial charge in [-0.05, 0) is 18.2 Å². The summed E-state index contributed by atoms with van der Waals surface area (Å²) in [4.78, 5) is 30.7. The predicted octanol–water partition coefficient (Wildman–Crippen LogP) is 1.91. The molecule has 0 unspecified atom stereocenters. The summed E-state index contributed by atoms with van der Waals surface area (Å²) in [5.74, 6) is -3.85. The topological polar surface area (TPSA) is 101 Å². The Bertz CT molecular complexity index is 1290. The van der Waals surface area contributed by atoms with Crippen LogP contribution in [0.25, 0.3) is 0 Å². The van der Waals surface area contributed by atoms with Crippen LogP contribution in [-0.2, 0) is 0 Å². The Hall–Kier alpha value is -4.15. The zero-order valence-electron chi connectivity index (χ0n) is 16.4. The summed E-state index contributed by atoms with van der Waals surface area (Å²) in [5.41, 5.74) is -0.450. The Morgan fingerprint density at radius 2 is 2.00 bits per heavy atom. The van der Waals surface area contributed by atoms with E-state index in [0.717, 1.165) is 12.1 Å². The van der Waals surface area contributed by atoms with Gasteiger partial charge in [0.1, 0.15) is 31.3 Å². The molecule has 1 atom stereocenters. The first-order valence-electron chi connectivity index (χ1n) is 9.62. The molecule has 0 spiro atoms. The molecule has 0 saturated carbocycles. The quantitative estimate of drug-likeness (QED) is 0.575. The van der Waals surface area contributed by atoms with E-state index in [2.05, 4.69) is 4.98 Å². The third-order valence-corrected chi connectivity index (χ3v) is 5.36. The number of oxazole rings is 1. The number of ether oxygens (including phenoxy) is 1. The van der Waals surface area contributed by atoms with E-state index in [1.807, 2.05) is 0 Å². The SMILES string of the molecule is O=C1c2c(O)c(=O)ccn2N2CN1C/C=C\COc1c(ccc(F)c1F)[C@@H]2c1cocn1. The van der Waals surface area contributed by atoms with E-state index in [1.165, 1.54) is 34.5 Å². The monoisotopic (exact) mass is 442 g/mol. The summed E-state index contributed by atoms with van der Waals surface area (Å²) in [6.45, 7) is 0.0331. The van der Waals surface area contributed by atoms with E-state index in [0.29, 0.717) is 5.69 Å². The van der Waals surface area contributed by atoms with E-state index in [1.54, 1.807) is 17.2 Å². The fourth-order valence-electron chi connectivity index (χ4n) is 3.87. The van der Waals surface area contributed by atoms with Crippen LogP contribution in [0.5, 0.6) is 11.5 Å². The van der Waals surface area contributed by atoms with Gasteiger partial charge in [0.25, 0.3) is 5.91 Å². The fraction of sp³-hybridized carbons (Fsp3) is 0.190. The number of hydrogen-bond acceptors (Lipinski definition) is 7. The highest BCUT2D eigenvalue weighted by molar-refractivity contribution is 5.96. The lowest BCUT2D eigenvalue weighted by Crippen LogP contribution is -2.55. The van der Waals surface area contributed by atoms with Crippen LogP contribution < -0.4 is 15.2 Å². The minimum Gasteiger partial charge on any atom is -0.502 e. The van der Waals surface area contributed by atoms with E-state index in [-0.39, 0.29) is 36.8 Å². The lowest BCUT2D eigenvalue weighted by Gasteiger charge is -2.43. The molecule has 164 valence electrons. The van der Waals surface area contributed by atoms with Gasteiger partial charge in [-0.3, -0.25) is 19.3 Å². The normalized spacial score (nSPS) is 18.9. The van der Waals surface area contributed by atoms with E-state index in [4.69, 9.17) is 9.15 Å². The summed E-state index contributed by atoms with van der Waals surface area (Å²) in [5, 5.41) is 12.0. The molecule has 1 N–H and O–H groups in total. The first-order valence-corrected chi connectivity index (χ1v) is 9.62. The van der Waals surface area contributed by atoms with Crippen molar-refractivity contribution in [1.82, 2.24) is 14.6 Å². The number of nitrogens with zero attached hydrogens (tertiary/aromatic N) is 4. The molecule has 1 aromatic carbocycles. The third-order valence-electron chi connectivity index (χ3n) is 5.36. The molecule has 11 heteroatoms. The van der Waals surface area contributed by atoms with Crippen LogP contribution >= 0.6 is 0 Å². The lowest BCUT2D eigenvalue weighted by atomic mass is 10.0. The van der Waals surface area contributed by atoms with Gasteiger partial charge in [-0.2, -0.15) is 4.39 Å². The lowest BCUT2D eigenvalue weighted by molar-refractivity contribution is 0.0701. The molecule has 2 aliphatic rings. The summed E-state index contributed by atoms with van der Waals surface area (Å²) in [7, 11) is 0. The first-order chi connectivity index (χ1) is 15.5. The van der Waals surface area contributed by atoms with Gasteiger partial charge in [-0.15, -0.1) is 0 Å². The number of pyridine rings is 1. The maximum Gasteiger partial charge on any atom is 0.278 e. The molecule has 5 rings (SSSR count). The van der Waals surface area contributed by atoms with Gasteiger partial charge >= 0.3 is 0 Å². The van der Waals surface area contributed by atoms with E-state index >= 15 is 0 Å². The summed E-state index contributed by atoms with van der Waals surface area (Å²) < 4.78 is 40.9. The molecule has 2 aliphatic heterocycles. The molecular weight excluding hydrogens is 426 g/mol. The first kappa shape index (κ1) is 19.8. The molecule has 0 radical (unpaired) electrons. The molecular formula is C21H16F2N4O5. The minimum atomic E-state index is -1.17. The highest BCUT2D eigenvalue weighted by Crippen LogP contribution is 2.38. The second-order valence-corrected chi connectivity index (χ2v) is 7.21. The average Bonchev–Trinajstić information content (AvgIpc) is 3.30. The van der Waals surface area contributed by atoms with Gasteiger partial charge in [-0.1, -0.05) is 6.08 Å². The maximum atomic E-state index is 14.8. The number of fused-ring (bicyclic) bond motifs is 5. The van der Waals surface area contributed by atoms with E-state index < -0.39 is 34.8 Å². The molecule has 32 heavy (non-hydrogen) atoms. The van der Waals surface area contributed by atoms with Crippen molar-refractivity contribution in [3.8, 4) is 11.5 Å². The summed E-state index contributed by atoms with van der Waals surface area (Å²) >= 11 is 0. The molecule has 0 aliphatic carbocycles. The van der Waals surface area contributed by atoms with Gasteiger partial charge in [-0.25, -0.2) is 9.37 Å². The second kappa shape index (κ2) is 7.52. The van der Waals surface area contributed by atoms with Crippen LogP contribution in [0.2, 0.25) is 0 Å². The number of hydrogen-bond donors (Lipinski definition) is 1. The Morgan fingerprint density at radius 3 is 2.78 bits per heavy atom. The Kier molecular flexibility index (Phi) is 4.65. The van der Waals surface area contributed by atoms with Crippen molar-refractivity contribution in [1.29, 1.82) is 0 Å². The van der Waals surface area contributed by atoms with Crippen molar-refractivity contribution in [3.63, 3.8) is 0 Å². The van der Waals surface area contributed by atoms with Crippen LogP contribution in [0.3, 0.4) is 0 Å². The number of benzene rings is 1. The van der Waals surface area contributed by atoms with Crippen LogP contribution in [-0.4, -0.2) is 45.4 Å². The predicted molar refractivity (Wildman–Crippen MR) is 106 cm³/mol. The van der Waals surface area contributed by atoms with E-state index in [9.17, 15) is 23.5 Å². The maximum absolute atomic E-state index is 14.8. The Balaban J connectivity index is 1.82. The summed E-state index contributed by atoms with van der Waals surface area (Å²) in [6.07, 6.45) is 7.02. The van der Waals surface area contributed by atoms with Crippen molar-refractivity contribution in [3.05, 3.63) is 88.0 Å². The van der Waals surface area contributed by atoms with Crippen molar-refractivity contribution in [2.45, 2.75) is 6.04 Å². The van der Waals surface area contributed by atoms with Gasteiger partial charge < -0.3 is 19.2 Å². The number of halogens is 2. The largest absolute Gasteiger partial charge is 0.502 e. The molecule has 3 aromatic rings. The van der Waals surface area contributed by atoms with Gasteiger partial charge in [0.15, 0.2) is 29.4 Å². The minimum absolute atomic E-state index is 0.0194. The van der Waals surface area contributed by atoms with Gasteiger partial charge in [0.2, 0.25) is 11.2 Å². The fourth-order valence-corrected chi connectivity index (χ4v) is 3.87. The Labute approximate surface area is 179 Å². The number of aromatic nitrogens is 2. The molecule has 9 nitrogen and oxygen atoms in total. The number of carbonyl (C=O) groups excluding carboxylic acids is 1.